The first-order valence-electron chi connectivity index (χ1n) is 5.83. The molecule has 0 spiro atoms. The van der Waals surface area contributed by atoms with Crippen LogP contribution in [0.25, 0.3) is 0 Å². The molecule has 0 unspecified atom stereocenters. The third-order valence-corrected chi connectivity index (χ3v) is 3.57. The quantitative estimate of drug-likeness (QED) is 0.935. The normalized spacial score (nSPS) is 10.1. The largest absolute Gasteiger partial charge is 0.487 e. The van der Waals surface area contributed by atoms with Crippen LogP contribution in [0, 0.1) is 25.2 Å². The molecule has 0 amide bonds. The standard InChI is InChI=1S/C14H12N2O3S/c1-8-3-10(5-15)4-9(2)12(8)19-6-11-7-20-13(16-11)14(17)18/h3-4,7H,6H2,1-2H3,(H,17,18). The summed E-state index contributed by atoms with van der Waals surface area (Å²) >= 11 is 1.07. The van der Waals surface area contributed by atoms with Gasteiger partial charge < -0.3 is 9.84 Å². The molecular weight excluding hydrogens is 276 g/mol. The number of aromatic nitrogens is 1. The van der Waals surface area contributed by atoms with Gasteiger partial charge in [-0.3, -0.25) is 0 Å². The fourth-order valence-corrected chi connectivity index (χ4v) is 2.50. The van der Waals surface area contributed by atoms with E-state index in [0.717, 1.165) is 22.5 Å². The van der Waals surface area contributed by atoms with Crippen LogP contribution in [0.1, 0.15) is 32.2 Å². The Morgan fingerprint density at radius 2 is 2.10 bits per heavy atom. The van der Waals surface area contributed by atoms with Crippen LogP contribution in [0.15, 0.2) is 17.5 Å². The number of thiazole rings is 1. The minimum Gasteiger partial charge on any atom is -0.487 e. The average molecular weight is 288 g/mol. The first-order valence-corrected chi connectivity index (χ1v) is 6.71. The Labute approximate surface area is 120 Å². The number of aryl methyl sites for hydroxylation is 2. The van der Waals surface area contributed by atoms with E-state index < -0.39 is 5.97 Å². The molecule has 1 aromatic heterocycles. The van der Waals surface area contributed by atoms with Gasteiger partial charge in [-0.05, 0) is 37.1 Å². The van der Waals surface area contributed by atoms with Crippen molar-refractivity contribution < 1.29 is 14.6 Å². The molecular formula is C14H12N2O3S. The summed E-state index contributed by atoms with van der Waals surface area (Å²) in [6, 6.07) is 5.61. The predicted molar refractivity (Wildman–Crippen MR) is 74.0 cm³/mol. The molecule has 1 heterocycles. The van der Waals surface area contributed by atoms with Gasteiger partial charge >= 0.3 is 5.97 Å². The van der Waals surface area contributed by atoms with Crippen LogP contribution in [0.2, 0.25) is 0 Å². The first kappa shape index (κ1) is 14.0. The second kappa shape index (κ2) is 5.72. The van der Waals surface area contributed by atoms with Crippen molar-refractivity contribution in [3.05, 3.63) is 44.9 Å². The highest BCUT2D eigenvalue weighted by Gasteiger charge is 2.11. The summed E-state index contributed by atoms with van der Waals surface area (Å²) in [5.74, 6) is -0.333. The molecule has 0 aliphatic carbocycles. The maximum Gasteiger partial charge on any atom is 0.365 e. The molecule has 0 atom stereocenters. The Kier molecular flexibility index (Phi) is 4.01. The van der Waals surface area contributed by atoms with Crippen molar-refractivity contribution in [1.29, 1.82) is 5.26 Å². The van der Waals surface area contributed by atoms with E-state index in [-0.39, 0.29) is 11.6 Å². The lowest BCUT2D eigenvalue weighted by atomic mass is 10.1. The minimum atomic E-state index is -1.04. The van der Waals surface area contributed by atoms with Gasteiger partial charge in [0.1, 0.15) is 12.4 Å². The highest BCUT2D eigenvalue weighted by molar-refractivity contribution is 7.11. The van der Waals surface area contributed by atoms with Gasteiger partial charge in [0.2, 0.25) is 5.01 Å². The van der Waals surface area contributed by atoms with E-state index in [1.807, 2.05) is 13.8 Å². The van der Waals surface area contributed by atoms with Crippen molar-refractivity contribution in [3.63, 3.8) is 0 Å². The average Bonchev–Trinajstić information content (AvgIpc) is 2.86. The lowest BCUT2D eigenvalue weighted by molar-refractivity contribution is 0.0696. The van der Waals surface area contributed by atoms with Crippen molar-refractivity contribution in [2.75, 3.05) is 0 Å². The van der Waals surface area contributed by atoms with Crippen molar-refractivity contribution in [3.8, 4) is 11.8 Å². The minimum absolute atomic E-state index is 0.0527. The molecule has 2 aromatic rings. The van der Waals surface area contributed by atoms with E-state index in [0.29, 0.717) is 17.0 Å². The van der Waals surface area contributed by atoms with Crippen LogP contribution >= 0.6 is 11.3 Å². The van der Waals surface area contributed by atoms with Gasteiger partial charge in [-0.15, -0.1) is 11.3 Å². The number of hydrogen-bond acceptors (Lipinski definition) is 5. The lowest BCUT2D eigenvalue weighted by Crippen LogP contribution is -2.01. The summed E-state index contributed by atoms with van der Waals surface area (Å²) in [7, 11) is 0. The van der Waals surface area contributed by atoms with E-state index >= 15 is 0 Å². The van der Waals surface area contributed by atoms with Crippen molar-refractivity contribution in [2.24, 2.45) is 0 Å². The second-order valence-electron chi connectivity index (χ2n) is 4.29. The van der Waals surface area contributed by atoms with E-state index in [1.54, 1.807) is 17.5 Å². The van der Waals surface area contributed by atoms with Crippen molar-refractivity contribution in [2.45, 2.75) is 20.5 Å². The molecule has 0 aliphatic heterocycles. The summed E-state index contributed by atoms with van der Waals surface area (Å²) < 4.78 is 5.69. The third kappa shape index (κ3) is 2.95. The maximum absolute atomic E-state index is 10.7. The molecule has 1 aromatic carbocycles. The summed E-state index contributed by atoms with van der Waals surface area (Å²) in [5, 5.41) is 19.4. The molecule has 0 radical (unpaired) electrons. The number of carboxylic acids is 1. The van der Waals surface area contributed by atoms with Crippen molar-refractivity contribution in [1.82, 2.24) is 4.98 Å². The Hall–Kier alpha value is -2.39. The summed E-state index contributed by atoms with van der Waals surface area (Å²) in [6.07, 6.45) is 0. The van der Waals surface area contributed by atoms with Gasteiger partial charge in [0.05, 0.1) is 17.3 Å². The number of rotatable bonds is 4. The smallest absolute Gasteiger partial charge is 0.365 e. The third-order valence-electron chi connectivity index (χ3n) is 2.69. The van der Waals surface area contributed by atoms with Crippen LogP contribution in [0.5, 0.6) is 5.75 Å². The fraction of sp³-hybridized carbons (Fsp3) is 0.214. The zero-order valence-corrected chi connectivity index (χ0v) is 11.8. The summed E-state index contributed by atoms with van der Waals surface area (Å²) in [4.78, 5) is 14.7. The molecule has 1 N–H and O–H groups in total. The molecule has 0 fully saturated rings. The Morgan fingerprint density at radius 3 is 2.60 bits per heavy atom. The zero-order chi connectivity index (χ0) is 14.7. The number of hydrogen-bond donors (Lipinski definition) is 1. The monoisotopic (exact) mass is 288 g/mol. The molecule has 5 nitrogen and oxygen atoms in total. The van der Waals surface area contributed by atoms with E-state index in [4.69, 9.17) is 15.1 Å². The zero-order valence-electron chi connectivity index (χ0n) is 11.0. The van der Waals surface area contributed by atoms with Crippen LogP contribution in [0.3, 0.4) is 0 Å². The first-order chi connectivity index (χ1) is 9.51. The molecule has 20 heavy (non-hydrogen) atoms. The topological polar surface area (TPSA) is 83.2 Å². The number of aromatic carboxylic acids is 1. The van der Waals surface area contributed by atoms with Gasteiger partial charge in [-0.2, -0.15) is 5.26 Å². The molecule has 0 saturated carbocycles. The number of nitriles is 1. The summed E-state index contributed by atoms with van der Waals surface area (Å²) in [6.45, 7) is 3.94. The predicted octanol–water partition coefficient (Wildman–Crippen LogP) is 2.91. The Balaban J connectivity index is 2.14. The van der Waals surface area contributed by atoms with Gasteiger partial charge in [-0.1, -0.05) is 0 Å². The van der Waals surface area contributed by atoms with Crippen molar-refractivity contribution >= 4 is 17.3 Å². The van der Waals surface area contributed by atoms with Crippen LogP contribution in [-0.4, -0.2) is 16.1 Å². The number of benzene rings is 1. The summed E-state index contributed by atoms with van der Waals surface area (Å²) in [5.41, 5.74) is 2.91. The Bertz CT molecular complexity index is 678. The molecule has 0 bridgehead atoms. The molecule has 2 rings (SSSR count). The number of ether oxygens (including phenoxy) is 1. The van der Waals surface area contributed by atoms with Crippen LogP contribution in [0.4, 0.5) is 0 Å². The highest BCUT2D eigenvalue weighted by atomic mass is 32.1. The Morgan fingerprint density at radius 1 is 1.45 bits per heavy atom. The van der Waals surface area contributed by atoms with Gasteiger partial charge in [0.15, 0.2) is 0 Å². The van der Waals surface area contributed by atoms with Gasteiger partial charge in [0, 0.05) is 5.38 Å². The van der Waals surface area contributed by atoms with Crippen LogP contribution < -0.4 is 4.74 Å². The van der Waals surface area contributed by atoms with Crippen LogP contribution in [-0.2, 0) is 6.61 Å². The molecule has 102 valence electrons. The van der Waals surface area contributed by atoms with E-state index in [2.05, 4.69) is 11.1 Å². The van der Waals surface area contributed by atoms with Gasteiger partial charge in [0.25, 0.3) is 0 Å². The second-order valence-corrected chi connectivity index (χ2v) is 5.15. The van der Waals surface area contributed by atoms with Gasteiger partial charge in [-0.25, -0.2) is 9.78 Å². The molecule has 0 aliphatic rings. The number of carbonyl (C=O) groups is 1. The molecule has 6 heteroatoms. The number of nitrogens with zero attached hydrogens (tertiary/aromatic N) is 2. The SMILES string of the molecule is Cc1cc(C#N)cc(C)c1OCc1csc(C(=O)O)n1. The van der Waals surface area contributed by atoms with E-state index in [9.17, 15) is 4.79 Å². The fourth-order valence-electron chi connectivity index (χ4n) is 1.86. The molecule has 0 saturated heterocycles. The number of carboxylic acid groups (broad SMARTS) is 1. The maximum atomic E-state index is 10.7. The highest BCUT2D eigenvalue weighted by Crippen LogP contribution is 2.25. The lowest BCUT2D eigenvalue weighted by Gasteiger charge is -2.11. The van der Waals surface area contributed by atoms with E-state index in [1.165, 1.54) is 0 Å².